The molecule has 0 aliphatic carbocycles. The highest BCUT2D eigenvalue weighted by Gasteiger charge is 2.23. The van der Waals surface area contributed by atoms with E-state index in [0.717, 1.165) is 18.4 Å². The van der Waals surface area contributed by atoms with Gasteiger partial charge >= 0.3 is 0 Å². The van der Waals surface area contributed by atoms with Crippen molar-refractivity contribution in [2.45, 2.75) is 33.6 Å². The molecule has 0 bridgehead atoms. The van der Waals surface area contributed by atoms with Crippen LogP contribution in [0.3, 0.4) is 0 Å². The monoisotopic (exact) mass is 266 g/mol. The van der Waals surface area contributed by atoms with E-state index in [4.69, 9.17) is 5.73 Å². The van der Waals surface area contributed by atoms with Crippen LogP contribution in [-0.4, -0.2) is 28.8 Å². The largest absolute Gasteiger partial charge is 0.355 e. The molecule has 1 aromatic heterocycles. The van der Waals surface area contributed by atoms with E-state index in [-0.39, 0.29) is 17.2 Å². The molecule has 1 atom stereocenters. The van der Waals surface area contributed by atoms with Gasteiger partial charge in [0.25, 0.3) is 0 Å². The van der Waals surface area contributed by atoms with Gasteiger partial charge in [0.05, 0.1) is 12.1 Å². The first-order chi connectivity index (χ1) is 8.81. The van der Waals surface area contributed by atoms with Gasteiger partial charge in [0.1, 0.15) is 0 Å². The van der Waals surface area contributed by atoms with E-state index >= 15 is 0 Å². The lowest BCUT2D eigenvalue weighted by Gasteiger charge is -2.24. The minimum Gasteiger partial charge on any atom is -0.355 e. The van der Waals surface area contributed by atoms with Crippen molar-refractivity contribution < 1.29 is 4.79 Å². The first-order valence-electron chi connectivity index (χ1n) is 6.77. The number of aromatic nitrogens is 2. The Labute approximate surface area is 115 Å². The van der Waals surface area contributed by atoms with Gasteiger partial charge in [-0.05, 0) is 23.8 Å². The molecule has 1 unspecified atom stereocenters. The van der Waals surface area contributed by atoms with E-state index in [2.05, 4.69) is 31.2 Å². The zero-order valence-electron chi connectivity index (χ0n) is 12.4. The Bertz CT molecular complexity index is 406. The van der Waals surface area contributed by atoms with Crippen molar-refractivity contribution in [3.63, 3.8) is 0 Å². The maximum absolute atomic E-state index is 12.0. The second kappa shape index (κ2) is 6.70. The molecule has 19 heavy (non-hydrogen) atoms. The predicted molar refractivity (Wildman–Crippen MR) is 76.5 cm³/mol. The van der Waals surface area contributed by atoms with Gasteiger partial charge in [-0.1, -0.05) is 20.8 Å². The molecule has 3 N–H and O–H groups in total. The zero-order chi connectivity index (χ0) is 14.5. The number of aryl methyl sites for hydroxylation is 1. The molecule has 1 amide bonds. The van der Waals surface area contributed by atoms with Crippen LogP contribution in [-0.2, 0) is 18.3 Å². The first kappa shape index (κ1) is 15.7. The summed E-state index contributed by atoms with van der Waals surface area (Å²) in [7, 11) is 1.88. The van der Waals surface area contributed by atoms with Gasteiger partial charge in [0, 0.05) is 26.3 Å². The molecule has 0 radical (unpaired) electrons. The number of amides is 1. The third-order valence-corrected chi connectivity index (χ3v) is 2.99. The van der Waals surface area contributed by atoms with Crippen molar-refractivity contribution in [1.29, 1.82) is 0 Å². The predicted octanol–water partition coefficient (Wildman–Crippen LogP) is 1.09. The number of nitrogens with one attached hydrogen (secondary N) is 1. The molecule has 108 valence electrons. The highest BCUT2D eigenvalue weighted by Crippen LogP contribution is 2.23. The van der Waals surface area contributed by atoms with Crippen LogP contribution in [0.25, 0.3) is 0 Å². The SMILES string of the molecule is Cn1cc(CCNC(=O)C(CN)CC(C)(C)C)cn1. The molecule has 1 rings (SSSR count). The number of rotatable bonds is 6. The van der Waals surface area contributed by atoms with Gasteiger partial charge in [-0.15, -0.1) is 0 Å². The molecule has 0 saturated carbocycles. The average Bonchev–Trinajstić information content (AvgIpc) is 2.70. The molecular formula is C14H26N4O. The van der Waals surface area contributed by atoms with E-state index in [1.165, 1.54) is 0 Å². The fraction of sp³-hybridized carbons (Fsp3) is 0.714. The van der Waals surface area contributed by atoms with Crippen LogP contribution in [0.5, 0.6) is 0 Å². The lowest BCUT2D eigenvalue weighted by atomic mass is 9.84. The number of hydrogen-bond acceptors (Lipinski definition) is 3. The molecule has 0 aliphatic heterocycles. The number of nitrogens with two attached hydrogens (primary N) is 1. The minimum absolute atomic E-state index is 0.0568. The number of hydrogen-bond donors (Lipinski definition) is 2. The summed E-state index contributed by atoms with van der Waals surface area (Å²) in [6.45, 7) is 7.40. The fourth-order valence-corrected chi connectivity index (χ4v) is 2.10. The summed E-state index contributed by atoms with van der Waals surface area (Å²) in [6, 6.07) is 0. The van der Waals surface area contributed by atoms with Crippen molar-refractivity contribution >= 4 is 5.91 Å². The van der Waals surface area contributed by atoms with Crippen LogP contribution >= 0.6 is 0 Å². The summed E-state index contributed by atoms with van der Waals surface area (Å²) >= 11 is 0. The van der Waals surface area contributed by atoms with E-state index < -0.39 is 0 Å². The molecule has 1 aromatic rings. The maximum Gasteiger partial charge on any atom is 0.224 e. The molecule has 0 aliphatic rings. The molecular weight excluding hydrogens is 240 g/mol. The zero-order valence-corrected chi connectivity index (χ0v) is 12.4. The fourth-order valence-electron chi connectivity index (χ4n) is 2.10. The molecule has 0 saturated heterocycles. The van der Waals surface area contributed by atoms with E-state index in [0.29, 0.717) is 13.1 Å². The standard InChI is InChI=1S/C14H26N4O/c1-14(2,3)7-12(8-15)13(19)16-6-5-11-9-17-18(4)10-11/h9-10,12H,5-8,15H2,1-4H3,(H,16,19). The van der Waals surface area contributed by atoms with Crippen molar-refractivity contribution in [1.82, 2.24) is 15.1 Å². The first-order valence-corrected chi connectivity index (χ1v) is 6.77. The summed E-state index contributed by atoms with van der Waals surface area (Å²) in [4.78, 5) is 12.0. The highest BCUT2D eigenvalue weighted by atomic mass is 16.1. The van der Waals surface area contributed by atoms with Crippen LogP contribution in [0.2, 0.25) is 0 Å². The number of carbonyl (C=O) groups excluding carboxylic acids is 1. The molecule has 1 heterocycles. The van der Waals surface area contributed by atoms with Crippen LogP contribution in [0.1, 0.15) is 32.8 Å². The quantitative estimate of drug-likeness (QED) is 0.809. The molecule has 5 nitrogen and oxygen atoms in total. The second-order valence-electron chi connectivity index (χ2n) is 6.26. The van der Waals surface area contributed by atoms with Crippen LogP contribution < -0.4 is 11.1 Å². The summed E-state index contributed by atoms with van der Waals surface area (Å²) < 4.78 is 1.76. The summed E-state index contributed by atoms with van der Waals surface area (Å²) in [6.07, 6.45) is 5.39. The Balaban J connectivity index is 2.36. The Morgan fingerprint density at radius 1 is 1.53 bits per heavy atom. The average molecular weight is 266 g/mol. The van der Waals surface area contributed by atoms with Crippen LogP contribution in [0, 0.1) is 11.3 Å². The Hall–Kier alpha value is -1.36. The lowest BCUT2D eigenvalue weighted by Crippen LogP contribution is -2.38. The second-order valence-corrected chi connectivity index (χ2v) is 6.26. The van der Waals surface area contributed by atoms with Gasteiger partial charge in [-0.3, -0.25) is 9.48 Å². The van der Waals surface area contributed by atoms with Crippen LogP contribution in [0.15, 0.2) is 12.4 Å². The summed E-state index contributed by atoms with van der Waals surface area (Å²) in [5, 5.41) is 7.06. The molecule has 0 spiro atoms. The van der Waals surface area contributed by atoms with Gasteiger partial charge in [0.2, 0.25) is 5.91 Å². The molecule has 5 heteroatoms. The number of carbonyl (C=O) groups is 1. The van der Waals surface area contributed by atoms with Crippen molar-refractivity contribution in [3.8, 4) is 0 Å². The Morgan fingerprint density at radius 2 is 2.21 bits per heavy atom. The lowest BCUT2D eigenvalue weighted by molar-refractivity contribution is -0.125. The third-order valence-electron chi connectivity index (χ3n) is 2.99. The molecule has 0 fully saturated rings. The van der Waals surface area contributed by atoms with E-state index in [1.807, 2.05) is 19.4 Å². The summed E-state index contributed by atoms with van der Waals surface area (Å²) in [5.74, 6) is -0.0461. The van der Waals surface area contributed by atoms with Crippen molar-refractivity contribution in [2.24, 2.45) is 24.1 Å². The van der Waals surface area contributed by atoms with Crippen LogP contribution in [0.4, 0.5) is 0 Å². The third kappa shape index (κ3) is 5.87. The Morgan fingerprint density at radius 3 is 2.68 bits per heavy atom. The van der Waals surface area contributed by atoms with E-state index in [1.54, 1.807) is 4.68 Å². The van der Waals surface area contributed by atoms with Gasteiger partial charge in [-0.25, -0.2) is 0 Å². The topological polar surface area (TPSA) is 72.9 Å². The number of nitrogens with zero attached hydrogens (tertiary/aromatic N) is 2. The summed E-state index contributed by atoms with van der Waals surface area (Å²) in [5.41, 5.74) is 6.94. The highest BCUT2D eigenvalue weighted by molar-refractivity contribution is 5.78. The van der Waals surface area contributed by atoms with Crippen molar-refractivity contribution in [3.05, 3.63) is 18.0 Å². The molecule has 0 aromatic carbocycles. The smallest absolute Gasteiger partial charge is 0.224 e. The van der Waals surface area contributed by atoms with Gasteiger partial charge in [-0.2, -0.15) is 5.10 Å². The minimum atomic E-state index is -0.103. The van der Waals surface area contributed by atoms with E-state index in [9.17, 15) is 4.79 Å². The van der Waals surface area contributed by atoms with Crippen molar-refractivity contribution in [2.75, 3.05) is 13.1 Å². The Kier molecular flexibility index (Phi) is 5.54. The maximum atomic E-state index is 12.0. The van der Waals surface area contributed by atoms with Gasteiger partial charge in [0.15, 0.2) is 0 Å². The normalized spacial score (nSPS) is 13.3. The van der Waals surface area contributed by atoms with Gasteiger partial charge < -0.3 is 11.1 Å².